The predicted octanol–water partition coefficient (Wildman–Crippen LogP) is 1.88. The Morgan fingerprint density at radius 1 is 1.10 bits per heavy atom. The summed E-state index contributed by atoms with van der Waals surface area (Å²) in [5, 5.41) is 28.7. The molecule has 1 heterocycles. The molecule has 104 valence electrons. The van der Waals surface area contributed by atoms with E-state index in [-0.39, 0.29) is 41.5 Å². The van der Waals surface area contributed by atoms with Crippen molar-refractivity contribution in [2.75, 3.05) is 0 Å². The van der Waals surface area contributed by atoms with Crippen LogP contribution in [0.3, 0.4) is 0 Å². The van der Waals surface area contributed by atoms with Crippen molar-refractivity contribution in [3.05, 3.63) is 53.0 Å². The number of aromatic hydroxyl groups is 1. The van der Waals surface area contributed by atoms with Crippen LogP contribution >= 0.6 is 0 Å². The van der Waals surface area contributed by atoms with E-state index in [1.54, 1.807) is 12.1 Å². The Balaban J connectivity index is 1.93. The molecule has 2 aliphatic rings. The highest BCUT2D eigenvalue weighted by Crippen LogP contribution is 2.37. The molecular weight excluding hydrogens is 260 g/mol. The van der Waals surface area contributed by atoms with Gasteiger partial charge in [-0.25, -0.2) is 0 Å². The van der Waals surface area contributed by atoms with Crippen LogP contribution in [0.4, 0.5) is 0 Å². The zero-order chi connectivity index (χ0) is 14.3. The van der Waals surface area contributed by atoms with Crippen LogP contribution < -0.4 is 0 Å². The first-order valence-corrected chi connectivity index (χ1v) is 6.35. The van der Waals surface area contributed by atoms with Crippen LogP contribution in [0.2, 0.25) is 0 Å². The predicted molar refractivity (Wildman–Crippen MR) is 69.9 cm³/mol. The van der Waals surface area contributed by atoms with E-state index in [0.717, 1.165) is 5.56 Å². The molecule has 0 fully saturated rings. The summed E-state index contributed by atoms with van der Waals surface area (Å²) in [5.41, 5.74) is 0.994. The molecule has 0 aromatic heterocycles. The van der Waals surface area contributed by atoms with Gasteiger partial charge >= 0.3 is 0 Å². The first-order valence-electron chi connectivity index (χ1n) is 6.35. The Labute approximate surface area is 115 Å². The summed E-state index contributed by atoms with van der Waals surface area (Å²) in [7, 11) is 0. The smallest absolute Gasteiger partial charge is 0.169 e. The minimum atomic E-state index is -1.01. The number of hydrogen-bond acceptors (Lipinski definition) is 5. The van der Waals surface area contributed by atoms with E-state index in [9.17, 15) is 20.1 Å². The molecule has 1 aromatic carbocycles. The Hall–Kier alpha value is -2.27. The molecule has 5 heteroatoms. The average molecular weight is 274 g/mol. The quantitative estimate of drug-likeness (QED) is 0.728. The molecule has 1 aromatic rings. The summed E-state index contributed by atoms with van der Waals surface area (Å²) >= 11 is 0. The van der Waals surface area contributed by atoms with Crippen LogP contribution in [-0.4, -0.2) is 27.2 Å². The third kappa shape index (κ3) is 2.16. The molecule has 5 nitrogen and oxygen atoms in total. The van der Waals surface area contributed by atoms with E-state index in [1.807, 2.05) is 0 Å². The lowest BCUT2D eigenvalue weighted by Gasteiger charge is -2.30. The van der Waals surface area contributed by atoms with Gasteiger partial charge in [-0.05, 0) is 17.7 Å². The molecule has 2 unspecified atom stereocenters. The molecule has 0 amide bonds. The zero-order valence-corrected chi connectivity index (χ0v) is 10.6. The average Bonchev–Trinajstić information content (AvgIpc) is 2.38. The third-order valence-electron chi connectivity index (χ3n) is 3.50. The molecule has 3 N–H and O–H groups in total. The van der Waals surface area contributed by atoms with Gasteiger partial charge < -0.3 is 20.1 Å². The van der Waals surface area contributed by atoms with Gasteiger partial charge in [-0.2, -0.15) is 0 Å². The van der Waals surface area contributed by atoms with Gasteiger partial charge in [-0.3, -0.25) is 4.79 Å². The minimum Gasteiger partial charge on any atom is -0.512 e. The molecule has 0 bridgehead atoms. The summed E-state index contributed by atoms with van der Waals surface area (Å²) in [5.74, 6) is 0.188. The highest BCUT2D eigenvalue weighted by molar-refractivity contribution is 5.98. The van der Waals surface area contributed by atoms with E-state index in [4.69, 9.17) is 4.74 Å². The van der Waals surface area contributed by atoms with Crippen molar-refractivity contribution in [3.63, 3.8) is 0 Å². The highest BCUT2D eigenvalue weighted by Gasteiger charge is 2.35. The number of aliphatic hydroxyl groups excluding tert-OH is 2. The number of carbonyl (C=O) groups excluding carboxylic acids is 1. The van der Waals surface area contributed by atoms with Crippen LogP contribution in [0, 0.1) is 0 Å². The fourth-order valence-corrected chi connectivity index (χ4v) is 2.52. The number of ketones is 1. The van der Waals surface area contributed by atoms with Gasteiger partial charge in [0.1, 0.15) is 17.6 Å². The minimum absolute atomic E-state index is 0.00425. The van der Waals surface area contributed by atoms with Gasteiger partial charge in [0.2, 0.25) is 0 Å². The maximum Gasteiger partial charge on any atom is 0.169 e. The maximum absolute atomic E-state index is 12.1. The molecule has 0 saturated carbocycles. The van der Waals surface area contributed by atoms with E-state index < -0.39 is 12.2 Å². The topological polar surface area (TPSA) is 87.0 Å². The van der Waals surface area contributed by atoms with Crippen LogP contribution in [0.25, 0.3) is 0 Å². The van der Waals surface area contributed by atoms with E-state index in [0.29, 0.717) is 0 Å². The van der Waals surface area contributed by atoms with Gasteiger partial charge in [0.05, 0.1) is 23.9 Å². The molecule has 0 radical (unpaired) electrons. The number of phenols is 1. The Kier molecular flexibility index (Phi) is 2.99. The highest BCUT2D eigenvalue weighted by atomic mass is 16.5. The van der Waals surface area contributed by atoms with Crippen molar-refractivity contribution in [3.8, 4) is 5.75 Å². The summed E-state index contributed by atoms with van der Waals surface area (Å²) in [6.45, 7) is 0. The summed E-state index contributed by atoms with van der Waals surface area (Å²) in [6.07, 6.45) is 0.0686. The molecule has 1 aliphatic carbocycles. The van der Waals surface area contributed by atoms with Gasteiger partial charge in [0, 0.05) is 12.5 Å². The van der Waals surface area contributed by atoms with Crippen molar-refractivity contribution in [2.45, 2.75) is 25.0 Å². The molecule has 20 heavy (non-hydrogen) atoms. The number of ether oxygens (including phenoxy) is 1. The lowest BCUT2D eigenvalue weighted by atomic mass is 9.89. The van der Waals surface area contributed by atoms with Crippen molar-refractivity contribution in [1.82, 2.24) is 0 Å². The second kappa shape index (κ2) is 4.68. The number of phenolic OH excluding ortho intramolecular Hbond substituents is 1. The van der Waals surface area contributed by atoms with Gasteiger partial charge in [-0.1, -0.05) is 12.1 Å². The number of allylic oxidation sites excluding steroid dienone is 1. The second-order valence-electron chi connectivity index (χ2n) is 4.96. The normalized spacial score (nSPS) is 25.9. The number of carbonyl (C=O) groups is 1. The van der Waals surface area contributed by atoms with E-state index in [2.05, 4.69) is 0 Å². The lowest BCUT2D eigenvalue weighted by molar-refractivity contribution is -0.121. The fourth-order valence-electron chi connectivity index (χ4n) is 2.52. The second-order valence-corrected chi connectivity index (χ2v) is 4.96. The van der Waals surface area contributed by atoms with Crippen LogP contribution in [0.15, 0.2) is 47.4 Å². The zero-order valence-electron chi connectivity index (χ0n) is 10.6. The standard InChI is InChI=1S/C15H14O5/c16-9-3-1-8(2-4-9)13-7-12(19)15-11(18)5-10(17)6-14(15)20-13/h1-4,6,11,13,16-18H,5,7H2. The van der Waals surface area contributed by atoms with E-state index >= 15 is 0 Å². The van der Waals surface area contributed by atoms with E-state index in [1.165, 1.54) is 18.2 Å². The number of rotatable bonds is 1. The summed E-state index contributed by atoms with van der Waals surface area (Å²) in [4.78, 5) is 12.1. The van der Waals surface area contributed by atoms with Crippen LogP contribution in [0.1, 0.15) is 24.5 Å². The first kappa shape index (κ1) is 12.7. The summed E-state index contributed by atoms with van der Waals surface area (Å²) in [6, 6.07) is 6.41. The molecule has 2 atom stereocenters. The van der Waals surface area contributed by atoms with Crippen LogP contribution in [-0.2, 0) is 9.53 Å². The molecule has 0 saturated heterocycles. The molecule has 3 rings (SSSR count). The van der Waals surface area contributed by atoms with Crippen LogP contribution in [0.5, 0.6) is 5.75 Å². The molecule has 1 aliphatic heterocycles. The molecule has 0 spiro atoms. The Bertz CT molecular complexity index is 612. The fraction of sp³-hybridized carbons (Fsp3) is 0.267. The van der Waals surface area contributed by atoms with Gasteiger partial charge in [-0.15, -0.1) is 0 Å². The third-order valence-corrected chi connectivity index (χ3v) is 3.50. The number of hydrogen-bond donors (Lipinski definition) is 3. The number of benzene rings is 1. The number of Topliss-reactive ketones (excluding diaryl/α,β-unsaturated/α-hetero) is 1. The Morgan fingerprint density at radius 3 is 2.50 bits per heavy atom. The van der Waals surface area contributed by atoms with Crippen molar-refractivity contribution in [1.29, 1.82) is 0 Å². The largest absolute Gasteiger partial charge is 0.512 e. The maximum atomic E-state index is 12.1. The lowest BCUT2D eigenvalue weighted by Crippen LogP contribution is -2.30. The van der Waals surface area contributed by atoms with Crippen molar-refractivity contribution in [2.24, 2.45) is 0 Å². The van der Waals surface area contributed by atoms with Crippen molar-refractivity contribution < 1.29 is 24.9 Å². The first-order chi connectivity index (χ1) is 9.54. The van der Waals surface area contributed by atoms with Crippen molar-refractivity contribution >= 4 is 5.78 Å². The number of aliphatic hydroxyl groups is 2. The Morgan fingerprint density at radius 2 is 1.80 bits per heavy atom. The monoisotopic (exact) mass is 274 g/mol. The molecular formula is C15H14O5. The SMILES string of the molecule is O=C1CC(c2ccc(O)cc2)OC2=C1C(O)CC(O)=C2. The van der Waals surface area contributed by atoms with Gasteiger partial charge in [0.25, 0.3) is 0 Å². The van der Waals surface area contributed by atoms with Gasteiger partial charge in [0.15, 0.2) is 5.78 Å². The summed E-state index contributed by atoms with van der Waals surface area (Å²) < 4.78 is 5.71.